The highest BCUT2D eigenvalue weighted by molar-refractivity contribution is 6.03. The van der Waals surface area contributed by atoms with Crippen molar-refractivity contribution < 1.29 is 14.3 Å². The van der Waals surface area contributed by atoms with Crippen molar-refractivity contribution in [3.63, 3.8) is 0 Å². The fourth-order valence-electron chi connectivity index (χ4n) is 4.96. The van der Waals surface area contributed by atoms with Crippen molar-refractivity contribution in [3.05, 3.63) is 35.5 Å². The molecule has 0 bridgehead atoms. The summed E-state index contributed by atoms with van der Waals surface area (Å²) in [4.78, 5) is 24.5. The molecule has 38 heavy (non-hydrogen) atoms. The Morgan fingerprint density at radius 3 is 1.82 bits per heavy atom. The van der Waals surface area contributed by atoms with E-state index in [2.05, 4.69) is 26.8 Å². The third-order valence-corrected chi connectivity index (χ3v) is 7.81. The van der Waals surface area contributed by atoms with Gasteiger partial charge in [0.2, 0.25) is 0 Å². The van der Waals surface area contributed by atoms with Gasteiger partial charge >= 0.3 is 5.97 Å². The van der Waals surface area contributed by atoms with Crippen LogP contribution in [0, 0.1) is 5.41 Å². The molecule has 1 rings (SSSR count). The molecule has 0 fully saturated rings. The van der Waals surface area contributed by atoms with E-state index >= 15 is 0 Å². The summed E-state index contributed by atoms with van der Waals surface area (Å²) in [5.74, 6) is 0.00395. The maximum atomic E-state index is 12.3. The monoisotopic (exact) mass is 528 g/mol. The van der Waals surface area contributed by atoms with Gasteiger partial charge < -0.3 is 4.74 Å². The largest absolute Gasteiger partial charge is 0.461 e. The standard InChI is InChI=1S/C35H60O3/c1-5-6-7-8-9-10-11-12-13-14-15-16-17-18-19-20-21-25-34(37)38-30-32-24-22-23-31(2)33(36)27-29-35(3,4)28-26-32/h23,26-27,29H,5-22,24-25,28,30H2,1-4H3/b29-27+,31-23+,32-26-. The van der Waals surface area contributed by atoms with E-state index in [-0.39, 0.29) is 17.2 Å². The SMILES string of the molecule is CCCCCCCCCCCCCCCCCCCC(=O)OC/C1=C\CC(C)(C)/C=C/C(=O)/C(C)=C/CC1. The van der Waals surface area contributed by atoms with Gasteiger partial charge in [-0.15, -0.1) is 0 Å². The molecule has 0 aromatic carbocycles. The van der Waals surface area contributed by atoms with Crippen LogP contribution < -0.4 is 0 Å². The van der Waals surface area contributed by atoms with E-state index in [1.165, 1.54) is 96.3 Å². The molecule has 0 saturated heterocycles. The zero-order valence-electron chi connectivity index (χ0n) is 25.6. The van der Waals surface area contributed by atoms with Crippen molar-refractivity contribution in [1.29, 1.82) is 0 Å². The third kappa shape index (κ3) is 19.4. The summed E-state index contributed by atoms with van der Waals surface area (Å²) in [7, 11) is 0. The van der Waals surface area contributed by atoms with Crippen LogP contribution in [-0.2, 0) is 14.3 Å². The van der Waals surface area contributed by atoms with Crippen molar-refractivity contribution >= 4 is 11.8 Å². The molecule has 0 atom stereocenters. The minimum absolute atomic E-state index is 0.0813. The van der Waals surface area contributed by atoms with Crippen LogP contribution in [0.3, 0.4) is 0 Å². The zero-order valence-corrected chi connectivity index (χ0v) is 25.6. The van der Waals surface area contributed by atoms with Crippen molar-refractivity contribution in [2.45, 2.75) is 163 Å². The van der Waals surface area contributed by atoms with Crippen molar-refractivity contribution in [2.75, 3.05) is 6.61 Å². The number of unbranched alkanes of at least 4 members (excludes halogenated alkanes) is 16. The smallest absolute Gasteiger partial charge is 0.306 e. The van der Waals surface area contributed by atoms with Crippen molar-refractivity contribution in [1.82, 2.24) is 0 Å². The molecule has 0 aromatic heterocycles. The molecule has 3 nitrogen and oxygen atoms in total. The minimum atomic E-state index is -0.0945. The Hall–Kier alpha value is -1.64. The Kier molecular flexibility index (Phi) is 20.1. The van der Waals surface area contributed by atoms with Gasteiger partial charge in [0.15, 0.2) is 5.78 Å². The first kappa shape index (κ1) is 34.4. The fraction of sp³-hybridized carbons (Fsp3) is 0.771. The summed E-state index contributed by atoms with van der Waals surface area (Å²) in [6, 6.07) is 0. The van der Waals surface area contributed by atoms with Gasteiger partial charge in [0.05, 0.1) is 0 Å². The van der Waals surface area contributed by atoms with Gasteiger partial charge in [0.1, 0.15) is 6.61 Å². The molecule has 0 heterocycles. The Bertz CT molecular complexity index is 725. The van der Waals surface area contributed by atoms with Gasteiger partial charge in [-0.3, -0.25) is 9.59 Å². The number of hydrogen-bond donors (Lipinski definition) is 0. The predicted octanol–water partition coefficient (Wildman–Crippen LogP) is 10.8. The molecule has 218 valence electrons. The maximum absolute atomic E-state index is 12.3. The number of ether oxygens (including phenoxy) is 1. The molecule has 0 N–H and O–H groups in total. The highest BCUT2D eigenvalue weighted by Crippen LogP contribution is 2.26. The number of ketones is 1. The summed E-state index contributed by atoms with van der Waals surface area (Å²) in [5, 5.41) is 0. The molecular weight excluding hydrogens is 468 g/mol. The highest BCUT2D eigenvalue weighted by Gasteiger charge is 2.15. The van der Waals surface area contributed by atoms with Gasteiger partial charge in [-0.25, -0.2) is 0 Å². The molecule has 0 aliphatic heterocycles. The van der Waals surface area contributed by atoms with Gasteiger partial charge in [-0.1, -0.05) is 142 Å². The van der Waals surface area contributed by atoms with Crippen LogP contribution >= 0.6 is 0 Å². The second-order valence-corrected chi connectivity index (χ2v) is 12.2. The Balaban J connectivity index is 2.04. The molecule has 0 amide bonds. The number of esters is 1. The molecular formula is C35H60O3. The second kappa shape index (κ2) is 22.2. The number of carbonyl (C=O) groups is 2. The third-order valence-electron chi connectivity index (χ3n) is 7.81. The lowest BCUT2D eigenvalue weighted by Crippen LogP contribution is -2.10. The first-order valence-corrected chi connectivity index (χ1v) is 16.1. The number of allylic oxidation sites excluding steroid dienone is 5. The van der Waals surface area contributed by atoms with Crippen LogP contribution in [0.5, 0.6) is 0 Å². The van der Waals surface area contributed by atoms with Gasteiger partial charge in [0, 0.05) is 6.42 Å². The lowest BCUT2D eigenvalue weighted by Gasteiger charge is -2.18. The highest BCUT2D eigenvalue weighted by atomic mass is 16.5. The first-order valence-electron chi connectivity index (χ1n) is 16.1. The molecule has 3 heteroatoms. The number of hydrogen-bond acceptors (Lipinski definition) is 3. The summed E-state index contributed by atoms with van der Waals surface area (Å²) in [6.45, 7) is 8.79. The second-order valence-electron chi connectivity index (χ2n) is 12.2. The lowest BCUT2D eigenvalue weighted by atomic mass is 9.87. The van der Waals surface area contributed by atoms with E-state index < -0.39 is 0 Å². The molecule has 0 unspecified atom stereocenters. The average molecular weight is 529 g/mol. The van der Waals surface area contributed by atoms with E-state index in [9.17, 15) is 9.59 Å². The van der Waals surface area contributed by atoms with Crippen molar-refractivity contribution in [2.24, 2.45) is 5.41 Å². The summed E-state index contributed by atoms with van der Waals surface area (Å²) >= 11 is 0. The number of rotatable bonds is 20. The predicted molar refractivity (Wildman–Crippen MR) is 163 cm³/mol. The zero-order chi connectivity index (χ0) is 27.9. The summed E-state index contributed by atoms with van der Waals surface area (Å²) < 4.78 is 5.61. The van der Waals surface area contributed by atoms with Crippen LogP contribution in [-0.4, -0.2) is 18.4 Å². The van der Waals surface area contributed by atoms with Crippen LogP contribution in [0.2, 0.25) is 0 Å². The molecule has 0 spiro atoms. The Labute approximate surface area is 236 Å². The van der Waals surface area contributed by atoms with E-state index in [0.717, 1.165) is 43.3 Å². The van der Waals surface area contributed by atoms with Crippen LogP contribution in [0.4, 0.5) is 0 Å². The maximum Gasteiger partial charge on any atom is 0.306 e. The average Bonchev–Trinajstić information content (AvgIpc) is 2.91. The van der Waals surface area contributed by atoms with Gasteiger partial charge in [0.25, 0.3) is 0 Å². The Morgan fingerprint density at radius 2 is 1.29 bits per heavy atom. The first-order chi connectivity index (χ1) is 18.3. The van der Waals surface area contributed by atoms with E-state index in [1.54, 1.807) is 6.08 Å². The van der Waals surface area contributed by atoms with E-state index in [0.29, 0.717) is 13.0 Å². The minimum Gasteiger partial charge on any atom is -0.461 e. The summed E-state index contributed by atoms with van der Waals surface area (Å²) in [5.41, 5.74) is 1.85. The van der Waals surface area contributed by atoms with Crippen LogP contribution in [0.15, 0.2) is 35.5 Å². The normalized spacial score (nSPS) is 19.6. The quantitative estimate of drug-likeness (QED) is 0.0896. The number of carbonyl (C=O) groups excluding carboxylic acids is 2. The van der Waals surface area contributed by atoms with E-state index in [4.69, 9.17) is 4.74 Å². The van der Waals surface area contributed by atoms with Gasteiger partial charge in [-0.2, -0.15) is 0 Å². The van der Waals surface area contributed by atoms with Crippen molar-refractivity contribution in [3.8, 4) is 0 Å². The Morgan fingerprint density at radius 1 is 0.789 bits per heavy atom. The topological polar surface area (TPSA) is 43.4 Å². The lowest BCUT2D eigenvalue weighted by molar-refractivity contribution is -0.142. The van der Waals surface area contributed by atoms with Crippen LogP contribution in [0.1, 0.15) is 163 Å². The van der Waals surface area contributed by atoms with Gasteiger partial charge in [-0.05, 0) is 55.2 Å². The molecule has 0 aromatic rings. The molecule has 1 aliphatic carbocycles. The molecule has 0 saturated carbocycles. The van der Waals surface area contributed by atoms with Crippen LogP contribution in [0.25, 0.3) is 0 Å². The molecule has 1 aliphatic rings. The summed E-state index contributed by atoms with van der Waals surface area (Å²) in [6.07, 6.45) is 33.7. The van der Waals surface area contributed by atoms with E-state index in [1.807, 2.05) is 19.1 Å². The fourth-order valence-corrected chi connectivity index (χ4v) is 4.96. The molecule has 0 radical (unpaired) electrons.